The average molecular weight is 218 g/mol. The zero-order valence-electron chi connectivity index (χ0n) is 9.48. The fourth-order valence-corrected chi connectivity index (χ4v) is 2.17. The molecule has 0 atom stereocenters. The first-order valence-corrected chi connectivity index (χ1v) is 5.90. The molecule has 86 valence electrons. The van der Waals surface area contributed by atoms with Crippen molar-refractivity contribution >= 4 is 5.91 Å². The van der Waals surface area contributed by atoms with E-state index in [1.54, 1.807) is 0 Å². The Labute approximate surface area is 96.2 Å². The maximum atomic E-state index is 12.2. The van der Waals surface area contributed by atoms with Gasteiger partial charge < -0.3 is 10.6 Å². The molecule has 1 aliphatic heterocycles. The Bertz CT molecular complexity index is 374. The van der Waals surface area contributed by atoms with Crippen LogP contribution in [0.5, 0.6) is 0 Å². The molecule has 2 N–H and O–H groups in total. The van der Waals surface area contributed by atoms with Crippen LogP contribution in [0.1, 0.15) is 28.8 Å². The van der Waals surface area contributed by atoms with E-state index in [0.29, 0.717) is 6.54 Å². The summed E-state index contributed by atoms with van der Waals surface area (Å²) >= 11 is 0. The minimum atomic E-state index is 0.168. The van der Waals surface area contributed by atoms with E-state index >= 15 is 0 Å². The van der Waals surface area contributed by atoms with Crippen LogP contribution in [0, 0.1) is 0 Å². The molecule has 1 aromatic rings. The summed E-state index contributed by atoms with van der Waals surface area (Å²) in [7, 11) is 0. The number of nitrogens with two attached hydrogens (primary N) is 1. The predicted molar refractivity (Wildman–Crippen MR) is 64.3 cm³/mol. The molecule has 0 saturated heterocycles. The molecule has 0 saturated carbocycles. The number of amides is 1. The van der Waals surface area contributed by atoms with E-state index in [1.807, 2.05) is 23.1 Å². The van der Waals surface area contributed by atoms with Crippen molar-refractivity contribution in [1.29, 1.82) is 0 Å². The number of nitrogens with zero attached hydrogens (tertiary/aromatic N) is 1. The second-order valence-corrected chi connectivity index (χ2v) is 4.20. The third-order valence-corrected chi connectivity index (χ3v) is 3.04. The Kier molecular flexibility index (Phi) is 3.57. The SMILES string of the molecule is NCCCN1CCCc2ccccc2C1=O. The maximum absolute atomic E-state index is 12.2. The number of fused-ring (bicyclic) bond motifs is 1. The summed E-state index contributed by atoms with van der Waals surface area (Å²) < 4.78 is 0. The van der Waals surface area contributed by atoms with Crippen LogP contribution >= 0.6 is 0 Å². The van der Waals surface area contributed by atoms with E-state index in [0.717, 1.165) is 37.9 Å². The predicted octanol–water partition coefficient (Wildman–Crippen LogP) is 1.42. The number of hydrogen-bond donors (Lipinski definition) is 1. The molecule has 0 aliphatic carbocycles. The molecule has 3 heteroatoms. The van der Waals surface area contributed by atoms with E-state index < -0.39 is 0 Å². The van der Waals surface area contributed by atoms with Crippen molar-refractivity contribution in [2.24, 2.45) is 5.73 Å². The first-order valence-electron chi connectivity index (χ1n) is 5.90. The van der Waals surface area contributed by atoms with Crippen molar-refractivity contribution in [2.45, 2.75) is 19.3 Å². The topological polar surface area (TPSA) is 46.3 Å². The lowest BCUT2D eigenvalue weighted by Crippen LogP contribution is -2.32. The highest BCUT2D eigenvalue weighted by molar-refractivity contribution is 5.96. The standard InChI is InChI=1S/C13H18N2O/c14-8-4-10-15-9-3-6-11-5-1-2-7-12(11)13(15)16/h1-2,5,7H,3-4,6,8-10,14H2. The highest BCUT2D eigenvalue weighted by atomic mass is 16.2. The molecule has 0 bridgehead atoms. The van der Waals surface area contributed by atoms with Crippen LogP contribution in [-0.4, -0.2) is 30.4 Å². The monoisotopic (exact) mass is 218 g/mol. The summed E-state index contributed by atoms with van der Waals surface area (Å²) in [4.78, 5) is 14.2. The lowest BCUT2D eigenvalue weighted by atomic mass is 10.0. The van der Waals surface area contributed by atoms with E-state index in [2.05, 4.69) is 6.07 Å². The van der Waals surface area contributed by atoms with Crippen molar-refractivity contribution in [1.82, 2.24) is 4.90 Å². The van der Waals surface area contributed by atoms with Crippen molar-refractivity contribution in [3.05, 3.63) is 35.4 Å². The molecular weight excluding hydrogens is 200 g/mol. The molecule has 1 aliphatic rings. The summed E-state index contributed by atoms with van der Waals surface area (Å²) in [5, 5.41) is 0. The number of hydrogen-bond acceptors (Lipinski definition) is 2. The molecule has 0 spiro atoms. The highest BCUT2D eigenvalue weighted by Crippen LogP contribution is 2.18. The Hall–Kier alpha value is -1.35. The Morgan fingerprint density at radius 1 is 1.31 bits per heavy atom. The van der Waals surface area contributed by atoms with Gasteiger partial charge in [0.05, 0.1) is 0 Å². The summed E-state index contributed by atoms with van der Waals surface area (Å²) in [5.41, 5.74) is 7.54. The van der Waals surface area contributed by atoms with Crippen LogP contribution in [0.2, 0.25) is 0 Å². The molecule has 0 fully saturated rings. The molecule has 0 aromatic heterocycles. The van der Waals surface area contributed by atoms with Gasteiger partial charge in [-0.1, -0.05) is 18.2 Å². The van der Waals surface area contributed by atoms with Gasteiger partial charge in [0.15, 0.2) is 0 Å². The Morgan fingerprint density at radius 2 is 2.12 bits per heavy atom. The van der Waals surface area contributed by atoms with Crippen molar-refractivity contribution in [3.63, 3.8) is 0 Å². The van der Waals surface area contributed by atoms with Crippen LogP contribution in [0.3, 0.4) is 0 Å². The number of benzene rings is 1. The maximum Gasteiger partial charge on any atom is 0.254 e. The van der Waals surface area contributed by atoms with Crippen LogP contribution in [0.15, 0.2) is 24.3 Å². The lowest BCUT2D eigenvalue weighted by molar-refractivity contribution is 0.0760. The lowest BCUT2D eigenvalue weighted by Gasteiger charge is -2.20. The molecule has 1 heterocycles. The fourth-order valence-electron chi connectivity index (χ4n) is 2.17. The average Bonchev–Trinajstić information content (AvgIpc) is 2.47. The van der Waals surface area contributed by atoms with Gasteiger partial charge in [0, 0.05) is 18.7 Å². The molecular formula is C13H18N2O. The van der Waals surface area contributed by atoms with Gasteiger partial charge in [0.25, 0.3) is 5.91 Å². The number of rotatable bonds is 3. The van der Waals surface area contributed by atoms with Crippen LogP contribution in [-0.2, 0) is 6.42 Å². The van der Waals surface area contributed by atoms with Gasteiger partial charge >= 0.3 is 0 Å². The minimum absolute atomic E-state index is 0.168. The van der Waals surface area contributed by atoms with E-state index in [1.165, 1.54) is 5.56 Å². The zero-order chi connectivity index (χ0) is 11.4. The molecule has 16 heavy (non-hydrogen) atoms. The first kappa shape index (κ1) is 11.1. The van der Waals surface area contributed by atoms with Gasteiger partial charge in [0.2, 0.25) is 0 Å². The third kappa shape index (κ3) is 2.25. The Balaban J connectivity index is 2.20. The van der Waals surface area contributed by atoms with Gasteiger partial charge in [-0.15, -0.1) is 0 Å². The van der Waals surface area contributed by atoms with Gasteiger partial charge in [-0.2, -0.15) is 0 Å². The fraction of sp³-hybridized carbons (Fsp3) is 0.462. The molecule has 0 unspecified atom stereocenters. The molecule has 3 nitrogen and oxygen atoms in total. The number of aryl methyl sites for hydroxylation is 1. The summed E-state index contributed by atoms with van der Waals surface area (Å²) in [6.07, 6.45) is 2.93. The number of carbonyl (C=O) groups excluding carboxylic acids is 1. The number of carbonyl (C=O) groups is 1. The smallest absolute Gasteiger partial charge is 0.254 e. The second-order valence-electron chi connectivity index (χ2n) is 4.20. The van der Waals surface area contributed by atoms with Gasteiger partial charge in [-0.25, -0.2) is 0 Å². The van der Waals surface area contributed by atoms with Crippen LogP contribution < -0.4 is 5.73 Å². The van der Waals surface area contributed by atoms with Crippen LogP contribution in [0.25, 0.3) is 0 Å². The molecule has 2 rings (SSSR count). The quantitative estimate of drug-likeness (QED) is 0.834. The minimum Gasteiger partial charge on any atom is -0.339 e. The van der Waals surface area contributed by atoms with Crippen LogP contribution in [0.4, 0.5) is 0 Å². The van der Waals surface area contributed by atoms with E-state index in [4.69, 9.17) is 5.73 Å². The largest absolute Gasteiger partial charge is 0.339 e. The van der Waals surface area contributed by atoms with Crippen molar-refractivity contribution < 1.29 is 4.79 Å². The van der Waals surface area contributed by atoms with E-state index in [9.17, 15) is 4.79 Å². The van der Waals surface area contributed by atoms with Gasteiger partial charge in [0.1, 0.15) is 0 Å². The third-order valence-electron chi connectivity index (χ3n) is 3.04. The summed E-state index contributed by atoms with van der Waals surface area (Å²) in [5.74, 6) is 0.168. The normalized spacial score (nSPS) is 15.8. The molecule has 1 aromatic carbocycles. The summed E-state index contributed by atoms with van der Waals surface area (Å²) in [6, 6.07) is 7.92. The second kappa shape index (κ2) is 5.12. The van der Waals surface area contributed by atoms with E-state index in [-0.39, 0.29) is 5.91 Å². The van der Waals surface area contributed by atoms with Crippen molar-refractivity contribution in [3.8, 4) is 0 Å². The summed E-state index contributed by atoms with van der Waals surface area (Å²) in [6.45, 7) is 2.28. The first-order chi connectivity index (χ1) is 7.83. The molecule has 1 amide bonds. The van der Waals surface area contributed by atoms with Gasteiger partial charge in [-0.05, 0) is 37.4 Å². The van der Waals surface area contributed by atoms with Gasteiger partial charge in [-0.3, -0.25) is 4.79 Å². The Morgan fingerprint density at radius 3 is 2.94 bits per heavy atom. The molecule has 0 radical (unpaired) electrons. The highest BCUT2D eigenvalue weighted by Gasteiger charge is 2.20. The zero-order valence-corrected chi connectivity index (χ0v) is 9.48. The van der Waals surface area contributed by atoms with Crippen molar-refractivity contribution in [2.75, 3.05) is 19.6 Å².